The van der Waals surface area contributed by atoms with Gasteiger partial charge >= 0.3 is 0 Å². The third-order valence-corrected chi connectivity index (χ3v) is 2.78. The van der Waals surface area contributed by atoms with Crippen molar-refractivity contribution in [3.05, 3.63) is 35.6 Å². The molecule has 0 fully saturated rings. The number of hydrogen-bond acceptors (Lipinski definition) is 3. The van der Waals surface area contributed by atoms with Gasteiger partial charge in [-0.3, -0.25) is 0 Å². The van der Waals surface area contributed by atoms with Gasteiger partial charge in [0.2, 0.25) is 0 Å². The molecular weight excluding hydrogens is 202 g/mol. The second-order valence-electron chi connectivity index (χ2n) is 4.06. The standard InChI is InChI=1S/C13H17NO2/c1-2-3-12(14)9-4-5-10-6-11(8-15)16-13(10)7-9/h4-7,12,15H,2-3,8,14H2,1H3. The Kier molecular flexibility index (Phi) is 3.27. The van der Waals surface area contributed by atoms with E-state index in [1.807, 2.05) is 24.3 Å². The molecule has 86 valence electrons. The first-order valence-electron chi connectivity index (χ1n) is 5.63. The van der Waals surface area contributed by atoms with Crippen LogP contribution in [0.4, 0.5) is 0 Å². The maximum Gasteiger partial charge on any atom is 0.134 e. The fourth-order valence-corrected chi connectivity index (χ4v) is 1.89. The molecule has 1 unspecified atom stereocenters. The van der Waals surface area contributed by atoms with Crippen molar-refractivity contribution in [2.24, 2.45) is 5.73 Å². The number of fused-ring (bicyclic) bond motifs is 1. The van der Waals surface area contributed by atoms with Crippen LogP contribution in [0.25, 0.3) is 11.0 Å². The van der Waals surface area contributed by atoms with Gasteiger partial charge in [-0.15, -0.1) is 0 Å². The minimum absolute atomic E-state index is 0.0645. The minimum Gasteiger partial charge on any atom is -0.459 e. The van der Waals surface area contributed by atoms with Crippen molar-refractivity contribution in [3.8, 4) is 0 Å². The molecule has 1 heterocycles. The second kappa shape index (κ2) is 4.68. The molecule has 3 nitrogen and oxygen atoms in total. The van der Waals surface area contributed by atoms with Gasteiger partial charge in [0.05, 0.1) is 0 Å². The van der Waals surface area contributed by atoms with Gasteiger partial charge in [0.1, 0.15) is 18.0 Å². The normalized spacial score (nSPS) is 13.2. The minimum atomic E-state index is -0.0645. The molecule has 1 atom stereocenters. The van der Waals surface area contributed by atoms with E-state index in [1.54, 1.807) is 0 Å². The van der Waals surface area contributed by atoms with E-state index in [0.717, 1.165) is 29.4 Å². The van der Waals surface area contributed by atoms with Crippen LogP contribution in [0, 0.1) is 0 Å². The van der Waals surface area contributed by atoms with Crippen LogP contribution in [0.1, 0.15) is 37.1 Å². The number of aliphatic hydroxyl groups is 1. The molecule has 16 heavy (non-hydrogen) atoms. The molecule has 0 saturated carbocycles. The summed E-state index contributed by atoms with van der Waals surface area (Å²) in [7, 11) is 0. The molecule has 3 N–H and O–H groups in total. The Morgan fingerprint density at radius 2 is 2.19 bits per heavy atom. The highest BCUT2D eigenvalue weighted by Gasteiger charge is 2.08. The Labute approximate surface area is 94.9 Å². The van der Waals surface area contributed by atoms with Gasteiger partial charge in [-0.05, 0) is 24.1 Å². The molecule has 0 spiro atoms. The van der Waals surface area contributed by atoms with Gasteiger partial charge in [-0.1, -0.05) is 25.5 Å². The van der Waals surface area contributed by atoms with Crippen molar-refractivity contribution in [2.75, 3.05) is 0 Å². The summed E-state index contributed by atoms with van der Waals surface area (Å²) in [5, 5.41) is 9.99. The van der Waals surface area contributed by atoms with Gasteiger partial charge < -0.3 is 15.3 Å². The zero-order valence-corrected chi connectivity index (χ0v) is 9.44. The Morgan fingerprint density at radius 3 is 2.88 bits per heavy atom. The lowest BCUT2D eigenvalue weighted by molar-refractivity contribution is 0.251. The molecular formula is C13H17NO2. The molecule has 0 amide bonds. The summed E-state index contributed by atoms with van der Waals surface area (Å²) >= 11 is 0. The second-order valence-corrected chi connectivity index (χ2v) is 4.06. The van der Waals surface area contributed by atoms with Crippen LogP contribution in [0.2, 0.25) is 0 Å². The zero-order chi connectivity index (χ0) is 11.5. The lowest BCUT2D eigenvalue weighted by Gasteiger charge is -2.09. The Bertz CT molecular complexity index is 476. The molecule has 3 heteroatoms. The first-order chi connectivity index (χ1) is 7.74. The smallest absolute Gasteiger partial charge is 0.134 e. The molecule has 2 aromatic rings. The summed E-state index contributed by atoms with van der Waals surface area (Å²) in [4.78, 5) is 0. The number of nitrogens with two attached hydrogens (primary N) is 1. The van der Waals surface area contributed by atoms with Crippen LogP contribution >= 0.6 is 0 Å². The molecule has 0 radical (unpaired) electrons. The zero-order valence-electron chi connectivity index (χ0n) is 9.44. The highest BCUT2D eigenvalue weighted by molar-refractivity contribution is 5.78. The monoisotopic (exact) mass is 219 g/mol. The van der Waals surface area contributed by atoms with Crippen LogP contribution in [0.15, 0.2) is 28.7 Å². The average molecular weight is 219 g/mol. The van der Waals surface area contributed by atoms with E-state index in [9.17, 15) is 0 Å². The molecule has 0 aliphatic carbocycles. The van der Waals surface area contributed by atoms with E-state index in [-0.39, 0.29) is 12.6 Å². The van der Waals surface area contributed by atoms with Crippen LogP contribution in [0.3, 0.4) is 0 Å². The summed E-state index contributed by atoms with van der Waals surface area (Å²) in [6.45, 7) is 2.06. The van der Waals surface area contributed by atoms with Crippen molar-refractivity contribution in [3.63, 3.8) is 0 Å². The summed E-state index contributed by atoms with van der Waals surface area (Å²) in [5.41, 5.74) is 7.93. The number of rotatable bonds is 4. The third-order valence-electron chi connectivity index (χ3n) is 2.78. The van der Waals surface area contributed by atoms with E-state index >= 15 is 0 Å². The predicted octanol–water partition coefficient (Wildman–Crippen LogP) is 2.73. The van der Waals surface area contributed by atoms with Crippen LogP contribution in [-0.2, 0) is 6.61 Å². The fourth-order valence-electron chi connectivity index (χ4n) is 1.89. The molecule has 1 aromatic heterocycles. The highest BCUT2D eigenvalue weighted by Crippen LogP contribution is 2.24. The van der Waals surface area contributed by atoms with E-state index in [1.165, 1.54) is 0 Å². The average Bonchev–Trinajstić information content (AvgIpc) is 2.70. The van der Waals surface area contributed by atoms with Crippen LogP contribution < -0.4 is 5.73 Å². The Hall–Kier alpha value is -1.32. The highest BCUT2D eigenvalue weighted by atomic mass is 16.4. The topological polar surface area (TPSA) is 59.4 Å². The van der Waals surface area contributed by atoms with Gasteiger partial charge in [0, 0.05) is 11.4 Å². The summed E-state index contributed by atoms with van der Waals surface area (Å²) in [6.07, 6.45) is 2.04. The van der Waals surface area contributed by atoms with Gasteiger partial charge in [0.15, 0.2) is 0 Å². The lowest BCUT2D eigenvalue weighted by atomic mass is 10.0. The molecule has 0 aliphatic heterocycles. The number of hydrogen-bond donors (Lipinski definition) is 2. The number of aliphatic hydroxyl groups excluding tert-OH is 1. The largest absolute Gasteiger partial charge is 0.459 e. The first kappa shape index (κ1) is 11.2. The summed E-state index contributed by atoms with van der Waals surface area (Å²) < 4.78 is 5.48. The van der Waals surface area contributed by atoms with E-state index in [2.05, 4.69) is 6.92 Å². The predicted molar refractivity (Wildman–Crippen MR) is 64.0 cm³/mol. The fraction of sp³-hybridized carbons (Fsp3) is 0.385. The molecule has 0 bridgehead atoms. The molecule has 0 aliphatic rings. The SMILES string of the molecule is CCCC(N)c1ccc2cc(CO)oc2c1. The lowest BCUT2D eigenvalue weighted by Crippen LogP contribution is -2.09. The number of benzene rings is 1. The van der Waals surface area contributed by atoms with Crippen molar-refractivity contribution in [1.82, 2.24) is 0 Å². The van der Waals surface area contributed by atoms with Crippen molar-refractivity contribution in [1.29, 1.82) is 0 Å². The number of furan rings is 1. The Morgan fingerprint density at radius 1 is 1.38 bits per heavy atom. The summed E-state index contributed by atoms with van der Waals surface area (Å²) in [5.74, 6) is 0.594. The van der Waals surface area contributed by atoms with Crippen LogP contribution in [0.5, 0.6) is 0 Å². The van der Waals surface area contributed by atoms with Gasteiger partial charge in [-0.2, -0.15) is 0 Å². The van der Waals surface area contributed by atoms with E-state index in [4.69, 9.17) is 15.3 Å². The molecule has 2 rings (SSSR count). The summed E-state index contributed by atoms with van der Waals surface area (Å²) in [6, 6.07) is 7.90. The van der Waals surface area contributed by atoms with Crippen molar-refractivity contribution < 1.29 is 9.52 Å². The third kappa shape index (κ3) is 2.10. The van der Waals surface area contributed by atoms with E-state index < -0.39 is 0 Å². The van der Waals surface area contributed by atoms with Crippen LogP contribution in [-0.4, -0.2) is 5.11 Å². The quantitative estimate of drug-likeness (QED) is 0.831. The maximum absolute atomic E-state index is 8.98. The van der Waals surface area contributed by atoms with Crippen molar-refractivity contribution >= 4 is 11.0 Å². The Balaban J connectivity index is 2.35. The first-order valence-corrected chi connectivity index (χ1v) is 5.63. The maximum atomic E-state index is 8.98. The van der Waals surface area contributed by atoms with E-state index in [0.29, 0.717) is 5.76 Å². The van der Waals surface area contributed by atoms with Gasteiger partial charge in [-0.25, -0.2) is 0 Å². The van der Waals surface area contributed by atoms with Crippen molar-refractivity contribution in [2.45, 2.75) is 32.4 Å². The van der Waals surface area contributed by atoms with Gasteiger partial charge in [0.25, 0.3) is 0 Å². The molecule has 0 saturated heterocycles. The molecule has 1 aromatic carbocycles.